The summed E-state index contributed by atoms with van der Waals surface area (Å²) in [5, 5.41) is 7.68. The molecule has 0 saturated carbocycles. The number of halogens is 1. The van der Waals surface area contributed by atoms with Crippen LogP contribution in [0.5, 0.6) is 11.5 Å². The highest BCUT2D eigenvalue weighted by atomic mass is 79.9. The summed E-state index contributed by atoms with van der Waals surface area (Å²) in [5.41, 5.74) is 8.49. The Morgan fingerprint density at radius 2 is 1.86 bits per heavy atom. The van der Waals surface area contributed by atoms with Gasteiger partial charge in [-0.25, -0.2) is 0 Å². The number of ether oxygens (including phenoxy) is 1. The monoisotopic (exact) mass is 346 g/mol. The molecule has 0 amide bonds. The van der Waals surface area contributed by atoms with Gasteiger partial charge in [-0.2, -0.15) is 0 Å². The Labute approximate surface area is 133 Å². The molecule has 0 aliphatic rings. The van der Waals surface area contributed by atoms with Crippen molar-refractivity contribution in [3.63, 3.8) is 0 Å². The average Bonchev–Trinajstić information content (AvgIpc) is 2.38. The molecule has 3 nitrogen and oxygen atoms in total. The van der Waals surface area contributed by atoms with E-state index < -0.39 is 0 Å². The highest BCUT2D eigenvalue weighted by molar-refractivity contribution is 9.10. The predicted molar refractivity (Wildman–Crippen MR) is 90.5 cm³/mol. The second kappa shape index (κ2) is 6.31. The molecule has 2 aromatic rings. The number of nitrogens with two attached hydrogens (primary N) is 1. The number of hydrogen-bond acceptors (Lipinski definition) is 2. The van der Waals surface area contributed by atoms with E-state index in [-0.39, 0.29) is 5.84 Å². The topological polar surface area (TPSA) is 59.1 Å². The molecule has 4 heteroatoms. The number of amidine groups is 1. The number of nitrogen functional groups attached to an aromatic ring is 1. The Bertz CT molecular complexity index is 680. The molecular formula is C17H19BrN2O. The Morgan fingerprint density at radius 1 is 1.14 bits per heavy atom. The lowest BCUT2D eigenvalue weighted by Crippen LogP contribution is -2.12. The van der Waals surface area contributed by atoms with Crippen LogP contribution in [-0.4, -0.2) is 5.84 Å². The lowest BCUT2D eigenvalue weighted by molar-refractivity contribution is 0.471. The van der Waals surface area contributed by atoms with E-state index in [0.29, 0.717) is 17.2 Å². The third kappa shape index (κ3) is 3.64. The van der Waals surface area contributed by atoms with Crippen LogP contribution in [0.25, 0.3) is 0 Å². The maximum atomic E-state index is 7.68. The van der Waals surface area contributed by atoms with Gasteiger partial charge in [-0.3, -0.25) is 5.41 Å². The van der Waals surface area contributed by atoms with Crippen molar-refractivity contribution in [2.45, 2.75) is 26.7 Å². The Morgan fingerprint density at radius 3 is 2.48 bits per heavy atom. The average molecular weight is 347 g/mol. The van der Waals surface area contributed by atoms with Crippen LogP contribution in [0.1, 0.15) is 36.5 Å². The molecule has 0 aromatic heterocycles. The van der Waals surface area contributed by atoms with Crippen LogP contribution >= 0.6 is 15.9 Å². The summed E-state index contributed by atoms with van der Waals surface area (Å²) in [6.45, 7) is 6.29. The predicted octanol–water partition coefficient (Wildman–Crippen LogP) is 4.96. The van der Waals surface area contributed by atoms with Gasteiger partial charge in [0.1, 0.15) is 17.3 Å². The van der Waals surface area contributed by atoms with Crippen molar-refractivity contribution >= 4 is 21.8 Å². The molecule has 3 N–H and O–H groups in total. The largest absolute Gasteiger partial charge is 0.456 e. The molecule has 0 unspecified atom stereocenters. The zero-order chi connectivity index (χ0) is 15.6. The van der Waals surface area contributed by atoms with E-state index in [2.05, 4.69) is 41.9 Å². The lowest BCUT2D eigenvalue weighted by Gasteiger charge is -2.16. The Hall–Kier alpha value is -1.81. The molecule has 21 heavy (non-hydrogen) atoms. The summed E-state index contributed by atoms with van der Waals surface area (Å²) in [6, 6.07) is 11.6. The maximum absolute atomic E-state index is 7.68. The van der Waals surface area contributed by atoms with Gasteiger partial charge in [-0.05, 0) is 48.2 Å². The van der Waals surface area contributed by atoms with Gasteiger partial charge in [0.05, 0.1) is 5.56 Å². The first-order valence-corrected chi connectivity index (χ1v) is 7.60. The van der Waals surface area contributed by atoms with Gasteiger partial charge < -0.3 is 10.5 Å². The van der Waals surface area contributed by atoms with Crippen molar-refractivity contribution < 1.29 is 4.74 Å². The van der Waals surface area contributed by atoms with Crippen LogP contribution in [-0.2, 0) is 0 Å². The quantitative estimate of drug-likeness (QED) is 0.607. The van der Waals surface area contributed by atoms with Crippen molar-refractivity contribution in [1.82, 2.24) is 0 Å². The SMILES string of the molecule is Cc1ccc(C(C)C)c(Oc2cc(Br)ccc2C(=N)N)c1. The first kappa shape index (κ1) is 15.6. The number of hydrogen-bond donors (Lipinski definition) is 2. The normalized spacial score (nSPS) is 10.7. The maximum Gasteiger partial charge on any atom is 0.139 e. The van der Waals surface area contributed by atoms with Crippen LogP contribution in [0, 0.1) is 12.3 Å². The summed E-state index contributed by atoms with van der Waals surface area (Å²) < 4.78 is 6.96. The summed E-state index contributed by atoms with van der Waals surface area (Å²) in [6.07, 6.45) is 0. The highest BCUT2D eigenvalue weighted by Gasteiger charge is 2.13. The lowest BCUT2D eigenvalue weighted by atomic mass is 10.0. The molecule has 2 rings (SSSR count). The molecule has 0 fully saturated rings. The van der Waals surface area contributed by atoms with Crippen LogP contribution in [0.4, 0.5) is 0 Å². The summed E-state index contributed by atoms with van der Waals surface area (Å²) in [4.78, 5) is 0. The van der Waals surface area contributed by atoms with E-state index >= 15 is 0 Å². The standard InChI is InChI=1S/C17H19BrN2O/c1-10(2)13-6-4-11(3)8-15(13)21-16-9-12(18)5-7-14(16)17(19)20/h4-10H,1-3H3,(H3,19,20). The van der Waals surface area contributed by atoms with E-state index in [9.17, 15) is 0 Å². The summed E-state index contributed by atoms with van der Waals surface area (Å²) >= 11 is 3.43. The van der Waals surface area contributed by atoms with Crippen LogP contribution in [0.3, 0.4) is 0 Å². The van der Waals surface area contributed by atoms with Crippen LogP contribution in [0.15, 0.2) is 40.9 Å². The molecule has 0 saturated heterocycles. The molecule has 0 radical (unpaired) electrons. The van der Waals surface area contributed by atoms with Gasteiger partial charge in [0, 0.05) is 4.47 Å². The number of nitrogens with one attached hydrogen (secondary N) is 1. The second-order valence-corrected chi connectivity index (χ2v) is 6.27. The number of benzene rings is 2. The summed E-state index contributed by atoms with van der Waals surface area (Å²) in [5.74, 6) is 1.75. The van der Waals surface area contributed by atoms with Crippen molar-refractivity contribution in [3.05, 3.63) is 57.6 Å². The molecule has 2 aromatic carbocycles. The van der Waals surface area contributed by atoms with Crippen molar-refractivity contribution in [1.29, 1.82) is 5.41 Å². The zero-order valence-electron chi connectivity index (χ0n) is 12.4. The highest BCUT2D eigenvalue weighted by Crippen LogP contribution is 2.34. The minimum atomic E-state index is -0.00347. The molecule has 0 aliphatic heterocycles. The van der Waals surface area contributed by atoms with Crippen LogP contribution in [0.2, 0.25) is 0 Å². The minimum Gasteiger partial charge on any atom is -0.456 e. The molecule has 0 bridgehead atoms. The van der Waals surface area contributed by atoms with E-state index in [1.807, 2.05) is 25.1 Å². The van der Waals surface area contributed by atoms with Crippen LogP contribution < -0.4 is 10.5 Å². The smallest absolute Gasteiger partial charge is 0.139 e. The Balaban J connectivity index is 2.49. The molecule has 0 spiro atoms. The van der Waals surface area contributed by atoms with E-state index in [4.69, 9.17) is 15.9 Å². The molecule has 110 valence electrons. The van der Waals surface area contributed by atoms with Gasteiger partial charge in [-0.1, -0.05) is 41.9 Å². The zero-order valence-corrected chi connectivity index (χ0v) is 14.0. The van der Waals surface area contributed by atoms with E-state index in [1.54, 1.807) is 6.07 Å². The van der Waals surface area contributed by atoms with Crippen molar-refractivity contribution in [2.75, 3.05) is 0 Å². The fourth-order valence-corrected chi connectivity index (χ4v) is 2.47. The number of aryl methyl sites for hydroxylation is 1. The number of rotatable bonds is 4. The van der Waals surface area contributed by atoms with Gasteiger partial charge in [0.15, 0.2) is 0 Å². The third-order valence-electron chi connectivity index (χ3n) is 3.24. The minimum absolute atomic E-state index is 0.00347. The molecular weight excluding hydrogens is 328 g/mol. The fraction of sp³-hybridized carbons (Fsp3) is 0.235. The second-order valence-electron chi connectivity index (χ2n) is 5.35. The molecule has 0 atom stereocenters. The van der Waals surface area contributed by atoms with E-state index in [1.165, 1.54) is 0 Å². The van der Waals surface area contributed by atoms with Gasteiger partial charge in [0.2, 0.25) is 0 Å². The Kier molecular flexibility index (Phi) is 4.68. The van der Waals surface area contributed by atoms with Gasteiger partial charge in [-0.15, -0.1) is 0 Å². The van der Waals surface area contributed by atoms with Crippen molar-refractivity contribution in [2.24, 2.45) is 5.73 Å². The molecule has 0 heterocycles. The van der Waals surface area contributed by atoms with Crippen molar-refractivity contribution in [3.8, 4) is 11.5 Å². The fourth-order valence-electron chi connectivity index (χ4n) is 2.13. The molecule has 0 aliphatic carbocycles. The third-order valence-corrected chi connectivity index (χ3v) is 3.74. The van der Waals surface area contributed by atoms with Gasteiger partial charge in [0.25, 0.3) is 0 Å². The first-order chi connectivity index (χ1) is 9.88. The van der Waals surface area contributed by atoms with Gasteiger partial charge >= 0.3 is 0 Å². The first-order valence-electron chi connectivity index (χ1n) is 6.81. The van der Waals surface area contributed by atoms with E-state index in [0.717, 1.165) is 21.3 Å². The summed E-state index contributed by atoms with van der Waals surface area (Å²) in [7, 11) is 0.